The second-order valence-corrected chi connectivity index (χ2v) is 3.65. The molecule has 14 heavy (non-hydrogen) atoms. The van der Waals surface area contributed by atoms with Crippen LogP contribution in [-0.4, -0.2) is 37.5 Å². The molecule has 3 heteroatoms. The SMILES string of the molecule is CCCCCCNCC(=O)N(C)CC. The summed E-state index contributed by atoms with van der Waals surface area (Å²) in [6.45, 7) is 6.42. The van der Waals surface area contributed by atoms with Crippen LogP contribution >= 0.6 is 0 Å². The van der Waals surface area contributed by atoms with Crippen LogP contribution in [-0.2, 0) is 4.79 Å². The van der Waals surface area contributed by atoms with E-state index in [1.807, 2.05) is 14.0 Å². The molecule has 0 bridgehead atoms. The molecule has 0 aromatic heterocycles. The van der Waals surface area contributed by atoms with Crippen molar-refractivity contribution in [2.75, 3.05) is 26.7 Å². The number of unbranched alkanes of at least 4 members (excludes halogenated alkanes) is 3. The fourth-order valence-corrected chi connectivity index (χ4v) is 1.18. The lowest BCUT2D eigenvalue weighted by molar-refractivity contribution is -0.128. The van der Waals surface area contributed by atoms with Crippen molar-refractivity contribution in [2.45, 2.75) is 39.5 Å². The molecular formula is C11H24N2O. The van der Waals surface area contributed by atoms with Crippen LogP contribution in [0.4, 0.5) is 0 Å². The van der Waals surface area contributed by atoms with Crippen molar-refractivity contribution in [3.05, 3.63) is 0 Å². The Morgan fingerprint density at radius 2 is 1.93 bits per heavy atom. The first-order valence-corrected chi connectivity index (χ1v) is 5.67. The molecule has 1 N–H and O–H groups in total. The summed E-state index contributed by atoms with van der Waals surface area (Å²) in [5.74, 6) is 0.183. The van der Waals surface area contributed by atoms with Crippen LogP contribution in [0.3, 0.4) is 0 Å². The number of nitrogens with zero attached hydrogens (tertiary/aromatic N) is 1. The van der Waals surface area contributed by atoms with Gasteiger partial charge in [0.1, 0.15) is 0 Å². The molecule has 1 amide bonds. The van der Waals surface area contributed by atoms with E-state index in [1.54, 1.807) is 4.90 Å². The predicted molar refractivity (Wildman–Crippen MR) is 60.3 cm³/mol. The van der Waals surface area contributed by atoms with E-state index >= 15 is 0 Å². The summed E-state index contributed by atoms with van der Waals surface area (Å²) >= 11 is 0. The van der Waals surface area contributed by atoms with Gasteiger partial charge in [-0.05, 0) is 19.9 Å². The molecule has 0 aliphatic carbocycles. The highest BCUT2D eigenvalue weighted by Gasteiger charge is 2.04. The minimum Gasteiger partial charge on any atom is -0.345 e. The molecule has 84 valence electrons. The van der Waals surface area contributed by atoms with Gasteiger partial charge in [-0.25, -0.2) is 0 Å². The van der Waals surface area contributed by atoms with Crippen LogP contribution in [0.2, 0.25) is 0 Å². The third-order valence-electron chi connectivity index (χ3n) is 2.38. The molecule has 0 aliphatic heterocycles. The summed E-state index contributed by atoms with van der Waals surface area (Å²) in [6, 6.07) is 0. The fourth-order valence-electron chi connectivity index (χ4n) is 1.18. The zero-order valence-corrected chi connectivity index (χ0v) is 9.81. The summed E-state index contributed by atoms with van der Waals surface area (Å²) in [4.78, 5) is 13.1. The van der Waals surface area contributed by atoms with E-state index in [4.69, 9.17) is 0 Å². The van der Waals surface area contributed by atoms with Gasteiger partial charge in [0, 0.05) is 13.6 Å². The van der Waals surface area contributed by atoms with Gasteiger partial charge in [0.15, 0.2) is 0 Å². The molecule has 0 atom stereocenters. The molecule has 0 unspecified atom stereocenters. The largest absolute Gasteiger partial charge is 0.345 e. The quantitative estimate of drug-likeness (QED) is 0.604. The minimum absolute atomic E-state index is 0.183. The van der Waals surface area contributed by atoms with E-state index in [0.29, 0.717) is 6.54 Å². The van der Waals surface area contributed by atoms with E-state index in [2.05, 4.69) is 12.2 Å². The van der Waals surface area contributed by atoms with Gasteiger partial charge in [0.2, 0.25) is 5.91 Å². The van der Waals surface area contributed by atoms with Crippen LogP contribution in [0.25, 0.3) is 0 Å². The predicted octanol–water partition coefficient (Wildman–Crippen LogP) is 1.63. The van der Waals surface area contributed by atoms with Gasteiger partial charge in [-0.2, -0.15) is 0 Å². The highest BCUT2D eigenvalue weighted by Crippen LogP contribution is 1.96. The van der Waals surface area contributed by atoms with Crippen LogP contribution < -0.4 is 5.32 Å². The molecule has 0 saturated heterocycles. The lowest BCUT2D eigenvalue weighted by Crippen LogP contribution is -2.35. The summed E-state index contributed by atoms with van der Waals surface area (Å²) < 4.78 is 0. The van der Waals surface area contributed by atoms with Crippen molar-refractivity contribution in [3.8, 4) is 0 Å². The Morgan fingerprint density at radius 1 is 1.21 bits per heavy atom. The number of carbonyl (C=O) groups is 1. The van der Waals surface area contributed by atoms with Crippen molar-refractivity contribution in [1.29, 1.82) is 0 Å². The molecule has 0 rings (SSSR count). The smallest absolute Gasteiger partial charge is 0.236 e. The van der Waals surface area contributed by atoms with E-state index in [-0.39, 0.29) is 5.91 Å². The molecular weight excluding hydrogens is 176 g/mol. The minimum atomic E-state index is 0.183. The van der Waals surface area contributed by atoms with Crippen LogP contribution in [0.1, 0.15) is 39.5 Å². The van der Waals surface area contributed by atoms with E-state index < -0.39 is 0 Å². The van der Waals surface area contributed by atoms with Gasteiger partial charge in [0.25, 0.3) is 0 Å². The average Bonchev–Trinajstić information content (AvgIpc) is 2.21. The van der Waals surface area contributed by atoms with Gasteiger partial charge in [-0.15, -0.1) is 0 Å². The van der Waals surface area contributed by atoms with Gasteiger partial charge < -0.3 is 10.2 Å². The van der Waals surface area contributed by atoms with Gasteiger partial charge >= 0.3 is 0 Å². The number of likely N-dealkylation sites (N-methyl/N-ethyl adjacent to an activating group) is 1. The Bertz CT molecular complexity index is 148. The Balaban J connectivity index is 3.23. The molecule has 0 fully saturated rings. The van der Waals surface area contributed by atoms with Crippen LogP contribution in [0, 0.1) is 0 Å². The van der Waals surface area contributed by atoms with E-state index in [1.165, 1.54) is 25.7 Å². The molecule has 0 heterocycles. The number of hydrogen-bond donors (Lipinski definition) is 1. The average molecular weight is 200 g/mol. The summed E-state index contributed by atoms with van der Waals surface area (Å²) in [5, 5.41) is 3.17. The Kier molecular flexibility index (Phi) is 8.64. The number of amides is 1. The van der Waals surface area contributed by atoms with Gasteiger partial charge in [-0.3, -0.25) is 4.79 Å². The molecule has 0 radical (unpaired) electrons. The first kappa shape index (κ1) is 13.4. The van der Waals surface area contributed by atoms with Gasteiger partial charge in [-0.1, -0.05) is 26.2 Å². The highest BCUT2D eigenvalue weighted by atomic mass is 16.2. The van der Waals surface area contributed by atoms with Crippen molar-refractivity contribution in [3.63, 3.8) is 0 Å². The molecule has 0 spiro atoms. The number of nitrogens with one attached hydrogen (secondary N) is 1. The highest BCUT2D eigenvalue weighted by molar-refractivity contribution is 5.77. The molecule has 3 nitrogen and oxygen atoms in total. The van der Waals surface area contributed by atoms with Crippen molar-refractivity contribution >= 4 is 5.91 Å². The molecule has 0 aromatic carbocycles. The number of carbonyl (C=O) groups excluding carboxylic acids is 1. The maximum absolute atomic E-state index is 11.3. The molecule has 0 aromatic rings. The van der Waals surface area contributed by atoms with Crippen LogP contribution in [0.15, 0.2) is 0 Å². The summed E-state index contributed by atoms with van der Waals surface area (Å²) in [5.41, 5.74) is 0. The topological polar surface area (TPSA) is 32.3 Å². The lowest BCUT2D eigenvalue weighted by Gasteiger charge is -2.14. The van der Waals surface area contributed by atoms with E-state index in [9.17, 15) is 4.79 Å². The Labute approximate surface area is 87.9 Å². The van der Waals surface area contributed by atoms with Crippen LogP contribution in [0.5, 0.6) is 0 Å². The standard InChI is InChI=1S/C11H24N2O/c1-4-6-7-8-9-12-10-11(14)13(3)5-2/h12H,4-10H2,1-3H3. The zero-order valence-electron chi connectivity index (χ0n) is 9.81. The third-order valence-corrected chi connectivity index (χ3v) is 2.38. The fraction of sp³-hybridized carbons (Fsp3) is 0.909. The first-order valence-electron chi connectivity index (χ1n) is 5.67. The summed E-state index contributed by atoms with van der Waals surface area (Å²) in [7, 11) is 1.83. The number of hydrogen-bond acceptors (Lipinski definition) is 2. The monoisotopic (exact) mass is 200 g/mol. The maximum atomic E-state index is 11.3. The van der Waals surface area contributed by atoms with E-state index in [0.717, 1.165) is 13.1 Å². The van der Waals surface area contributed by atoms with Crippen molar-refractivity contribution in [2.24, 2.45) is 0 Å². The first-order chi connectivity index (χ1) is 6.72. The second kappa shape index (κ2) is 9.00. The second-order valence-electron chi connectivity index (χ2n) is 3.65. The Morgan fingerprint density at radius 3 is 2.50 bits per heavy atom. The molecule has 0 aliphatic rings. The van der Waals surface area contributed by atoms with Gasteiger partial charge in [0.05, 0.1) is 6.54 Å². The van der Waals surface area contributed by atoms with Crippen molar-refractivity contribution in [1.82, 2.24) is 10.2 Å². The third kappa shape index (κ3) is 6.89. The molecule has 0 saturated carbocycles. The normalized spacial score (nSPS) is 10.2. The van der Waals surface area contributed by atoms with Crippen molar-refractivity contribution < 1.29 is 4.79 Å². The lowest BCUT2D eigenvalue weighted by atomic mass is 10.2. The summed E-state index contributed by atoms with van der Waals surface area (Å²) in [6.07, 6.45) is 5.00. The zero-order chi connectivity index (χ0) is 10.8. The maximum Gasteiger partial charge on any atom is 0.236 e. The Hall–Kier alpha value is -0.570. The number of rotatable bonds is 8.